The maximum absolute atomic E-state index is 11.0. The number of benzene rings is 2. The van der Waals surface area contributed by atoms with Gasteiger partial charge < -0.3 is 16.2 Å². The largest absolute Gasteiger partial charge is 0.478 e. The summed E-state index contributed by atoms with van der Waals surface area (Å²) in [6, 6.07) is 7.61. The molecule has 0 fully saturated rings. The van der Waals surface area contributed by atoms with Crippen LogP contribution in [0.2, 0.25) is 15.1 Å². The predicted octanol–water partition coefficient (Wildman–Crippen LogP) is 4.67. The number of carboxylic acid groups (broad SMARTS) is 1. The first-order chi connectivity index (χ1) is 9.38. The van der Waals surface area contributed by atoms with Gasteiger partial charge in [0, 0.05) is 11.4 Å². The van der Waals surface area contributed by atoms with Crippen LogP contribution in [-0.2, 0) is 0 Å². The second-order valence-corrected chi connectivity index (χ2v) is 5.20. The van der Waals surface area contributed by atoms with Crippen molar-refractivity contribution < 1.29 is 9.90 Å². The Kier molecular flexibility index (Phi) is 4.28. The smallest absolute Gasteiger partial charge is 0.337 e. The highest BCUT2D eigenvalue weighted by Gasteiger charge is 2.10. The third kappa shape index (κ3) is 3.10. The third-order valence-electron chi connectivity index (χ3n) is 2.57. The van der Waals surface area contributed by atoms with Gasteiger partial charge >= 0.3 is 5.97 Å². The van der Waals surface area contributed by atoms with Crippen molar-refractivity contribution in [2.45, 2.75) is 0 Å². The number of nitrogens with two attached hydrogens (primary N) is 1. The molecule has 0 unspecified atom stereocenters. The van der Waals surface area contributed by atoms with Crippen molar-refractivity contribution in [2.75, 3.05) is 11.1 Å². The van der Waals surface area contributed by atoms with E-state index < -0.39 is 5.97 Å². The quantitative estimate of drug-likeness (QED) is 0.564. The molecule has 0 heterocycles. The highest BCUT2D eigenvalue weighted by atomic mass is 35.5. The average Bonchev–Trinajstić information content (AvgIpc) is 2.37. The highest BCUT2D eigenvalue weighted by molar-refractivity contribution is 6.44. The highest BCUT2D eigenvalue weighted by Crippen LogP contribution is 2.34. The topological polar surface area (TPSA) is 75.3 Å². The summed E-state index contributed by atoms with van der Waals surface area (Å²) in [5.74, 6) is -1.11. The minimum atomic E-state index is -1.11. The molecule has 20 heavy (non-hydrogen) atoms. The third-order valence-corrected chi connectivity index (χ3v) is 3.61. The minimum Gasteiger partial charge on any atom is -0.478 e. The van der Waals surface area contributed by atoms with Crippen LogP contribution in [0.5, 0.6) is 0 Å². The van der Waals surface area contributed by atoms with Gasteiger partial charge in [-0.05, 0) is 30.3 Å². The van der Waals surface area contributed by atoms with Crippen LogP contribution in [0.1, 0.15) is 10.4 Å². The lowest BCUT2D eigenvalue weighted by Gasteiger charge is -2.11. The van der Waals surface area contributed by atoms with E-state index in [0.717, 1.165) is 0 Å². The fraction of sp³-hybridized carbons (Fsp3) is 0. The van der Waals surface area contributed by atoms with E-state index in [1.165, 1.54) is 18.2 Å². The zero-order chi connectivity index (χ0) is 14.9. The Balaban J connectivity index is 2.38. The van der Waals surface area contributed by atoms with Crippen molar-refractivity contribution in [3.63, 3.8) is 0 Å². The Morgan fingerprint density at radius 2 is 1.70 bits per heavy atom. The molecule has 0 aliphatic heterocycles. The Morgan fingerprint density at radius 1 is 1.05 bits per heavy atom. The number of halogens is 3. The second kappa shape index (κ2) is 5.79. The van der Waals surface area contributed by atoms with Gasteiger partial charge in [-0.1, -0.05) is 34.8 Å². The molecule has 0 saturated carbocycles. The molecular weight excluding hydrogens is 323 g/mol. The number of aromatic carboxylic acids is 1. The molecule has 0 aliphatic carbocycles. The molecule has 4 nitrogen and oxygen atoms in total. The summed E-state index contributed by atoms with van der Waals surface area (Å²) >= 11 is 17.8. The summed E-state index contributed by atoms with van der Waals surface area (Å²) < 4.78 is 0. The van der Waals surface area contributed by atoms with Crippen molar-refractivity contribution >= 4 is 57.8 Å². The van der Waals surface area contributed by atoms with Crippen LogP contribution in [0.3, 0.4) is 0 Å². The Bertz CT molecular complexity index is 690. The van der Waals surface area contributed by atoms with E-state index in [1.54, 1.807) is 12.1 Å². The Hall–Kier alpha value is -1.62. The molecule has 0 atom stereocenters. The van der Waals surface area contributed by atoms with E-state index >= 15 is 0 Å². The summed E-state index contributed by atoms with van der Waals surface area (Å²) in [5, 5.41) is 13.0. The van der Waals surface area contributed by atoms with Crippen molar-refractivity contribution in [3.8, 4) is 0 Å². The molecule has 0 spiro atoms. The van der Waals surface area contributed by atoms with E-state index in [-0.39, 0.29) is 11.3 Å². The Morgan fingerprint density at radius 3 is 2.35 bits per heavy atom. The van der Waals surface area contributed by atoms with Gasteiger partial charge in [0.1, 0.15) is 0 Å². The number of nitrogen functional groups attached to an aromatic ring is 1. The molecule has 2 aromatic carbocycles. The molecule has 2 aromatic rings. The molecule has 0 aromatic heterocycles. The molecule has 0 bridgehead atoms. The predicted molar refractivity (Wildman–Crippen MR) is 82.6 cm³/mol. The molecule has 4 N–H and O–H groups in total. The Labute approximate surface area is 130 Å². The summed E-state index contributed by atoms with van der Waals surface area (Å²) in [7, 11) is 0. The average molecular weight is 332 g/mol. The van der Waals surface area contributed by atoms with Crippen molar-refractivity contribution in [1.82, 2.24) is 0 Å². The number of carbonyl (C=O) groups is 1. The number of nitrogens with one attached hydrogen (secondary N) is 1. The first kappa shape index (κ1) is 14.8. The number of rotatable bonds is 3. The van der Waals surface area contributed by atoms with Crippen LogP contribution < -0.4 is 11.1 Å². The maximum Gasteiger partial charge on any atom is 0.337 e. The number of hydrogen-bond donors (Lipinski definition) is 3. The first-order valence-electron chi connectivity index (χ1n) is 5.43. The molecule has 0 aliphatic rings. The molecule has 0 amide bonds. The van der Waals surface area contributed by atoms with E-state index in [2.05, 4.69) is 5.32 Å². The molecule has 2 rings (SSSR count). The van der Waals surface area contributed by atoms with Crippen LogP contribution in [-0.4, -0.2) is 11.1 Å². The van der Waals surface area contributed by atoms with Gasteiger partial charge in [-0.15, -0.1) is 0 Å². The lowest BCUT2D eigenvalue weighted by molar-refractivity contribution is 0.0698. The van der Waals surface area contributed by atoms with Gasteiger partial charge in [0.15, 0.2) is 0 Å². The van der Waals surface area contributed by atoms with Gasteiger partial charge in [0.25, 0.3) is 0 Å². The minimum absolute atomic E-state index is 0.00572. The molecular formula is C13H9Cl3N2O2. The van der Waals surface area contributed by atoms with Crippen LogP contribution in [0.4, 0.5) is 17.1 Å². The monoisotopic (exact) mass is 330 g/mol. The number of hydrogen-bond acceptors (Lipinski definition) is 3. The van der Waals surface area contributed by atoms with E-state index in [1.807, 2.05) is 0 Å². The molecule has 0 radical (unpaired) electrons. The van der Waals surface area contributed by atoms with Gasteiger partial charge in [-0.25, -0.2) is 4.79 Å². The van der Waals surface area contributed by atoms with Crippen LogP contribution in [0.25, 0.3) is 0 Å². The fourth-order valence-corrected chi connectivity index (χ4v) is 2.19. The van der Waals surface area contributed by atoms with Crippen molar-refractivity contribution in [2.24, 2.45) is 0 Å². The summed E-state index contributed by atoms with van der Waals surface area (Å²) in [4.78, 5) is 11.0. The van der Waals surface area contributed by atoms with Crippen LogP contribution in [0, 0.1) is 0 Å². The lowest BCUT2D eigenvalue weighted by Crippen LogP contribution is -2.03. The number of anilines is 3. The second-order valence-electron chi connectivity index (χ2n) is 3.98. The SMILES string of the molecule is Nc1ccc(Nc2cc(Cl)c(Cl)cc2Cl)cc1C(=O)O. The van der Waals surface area contributed by atoms with Crippen LogP contribution >= 0.6 is 34.8 Å². The van der Waals surface area contributed by atoms with Gasteiger partial charge in [0.05, 0.1) is 26.3 Å². The lowest BCUT2D eigenvalue weighted by atomic mass is 10.1. The molecule has 0 saturated heterocycles. The van der Waals surface area contributed by atoms with E-state index in [0.29, 0.717) is 26.4 Å². The van der Waals surface area contributed by atoms with Gasteiger partial charge in [-0.2, -0.15) is 0 Å². The molecule has 104 valence electrons. The summed E-state index contributed by atoms with van der Waals surface area (Å²) in [6.45, 7) is 0. The van der Waals surface area contributed by atoms with Crippen LogP contribution in [0.15, 0.2) is 30.3 Å². The van der Waals surface area contributed by atoms with E-state index in [9.17, 15) is 4.79 Å². The molecule has 7 heteroatoms. The first-order valence-corrected chi connectivity index (χ1v) is 6.56. The maximum atomic E-state index is 11.0. The summed E-state index contributed by atoms with van der Waals surface area (Å²) in [5.41, 5.74) is 6.81. The zero-order valence-corrected chi connectivity index (χ0v) is 12.2. The van der Waals surface area contributed by atoms with Gasteiger partial charge in [0.2, 0.25) is 0 Å². The van der Waals surface area contributed by atoms with Crippen molar-refractivity contribution in [1.29, 1.82) is 0 Å². The summed E-state index contributed by atoms with van der Waals surface area (Å²) in [6.07, 6.45) is 0. The fourth-order valence-electron chi connectivity index (χ4n) is 1.59. The zero-order valence-electron chi connectivity index (χ0n) is 9.95. The van der Waals surface area contributed by atoms with E-state index in [4.69, 9.17) is 45.6 Å². The standard InChI is InChI=1S/C13H9Cl3N2O2/c14-8-4-10(16)12(5-9(8)15)18-6-1-2-11(17)7(3-6)13(19)20/h1-5,18H,17H2,(H,19,20). The van der Waals surface area contributed by atoms with Crippen molar-refractivity contribution in [3.05, 3.63) is 51.0 Å². The van der Waals surface area contributed by atoms with Gasteiger partial charge in [-0.3, -0.25) is 0 Å². The number of carboxylic acids is 1. The normalized spacial score (nSPS) is 10.3.